The van der Waals surface area contributed by atoms with Crippen LogP contribution in [0.4, 0.5) is 22.7 Å². The van der Waals surface area contributed by atoms with Gasteiger partial charge in [0.15, 0.2) is 11.5 Å². The van der Waals surface area contributed by atoms with E-state index in [0.29, 0.717) is 11.4 Å². The van der Waals surface area contributed by atoms with E-state index in [4.69, 9.17) is 9.68 Å². The van der Waals surface area contributed by atoms with Gasteiger partial charge in [-0.25, -0.2) is 0 Å². The number of phenols is 2. The Morgan fingerprint density at radius 3 is 1.27 bits per heavy atom. The quantitative estimate of drug-likeness (QED) is 0.288. The van der Waals surface area contributed by atoms with Crippen LogP contribution in [0.25, 0.3) is 0 Å². The summed E-state index contributed by atoms with van der Waals surface area (Å²) >= 11 is 0. The number of rotatable bonds is 2. The number of nitrogens with zero attached hydrogens (tertiary/aromatic N) is 2. The third kappa shape index (κ3) is 4.58. The van der Waals surface area contributed by atoms with Crippen molar-refractivity contribution in [2.45, 2.75) is 0 Å². The Morgan fingerprint density at radius 1 is 0.515 bits per heavy atom. The fourth-order valence-electron chi connectivity index (χ4n) is 3.23. The van der Waals surface area contributed by atoms with E-state index in [1.165, 1.54) is 10.3 Å². The normalized spacial score (nSPS) is 12.5. The summed E-state index contributed by atoms with van der Waals surface area (Å²) in [7, 11) is 0. The fraction of sp³-hybridized carbons (Fsp3) is 0. The van der Waals surface area contributed by atoms with Gasteiger partial charge in [0.2, 0.25) is 0 Å². The fourth-order valence-corrected chi connectivity index (χ4v) is 3.23. The van der Waals surface area contributed by atoms with E-state index < -0.39 is 0 Å². The first-order valence-electron chi connectivity index (χ1n) is 9.92. The zero-order valence-electron chi connectivity index (χ0n) is 17.6. The topological polar surface area (TPSA) is 89.5 Å². The van der Waals surface area contributed by atoms with Crippen LogP contribution in [0.2, 0.25) is 0 Å². The van der Waals surface area contributed by atoms with Crippen LogP contribution in [0.3, 0.4) is 0 Å². The van der Waals surface area contributed by atoms with Gasteiger partial charge < -0.3 is 19.9 Å². The average molecular weight is 494 g/mol. The van der Waals surface area contributed by atoms with Crippen molar-refractivity contribution in [1.29, 1.82) is 0 Å². The van der Waals surface area contributed by atoms with Gasteiger partial charge in [0, 0.05) is 19.5 Å². The molecule has 4 aromatic carbocycles. The minimum Gasteiger partial charge on any atom is -0.506 e. The molecular weight excluding hydrogens is 474 g/mol. The molecule has 2 heterocycles. The molecule has 0 amide bonds. The molecule has 0 fully saturated rings. The van der Waals surface area contributed by atoms with Crippen molar-refractivity contribution in [3.05, 3.63) is 97.1 Å². The van der Waals surface area contributed by atoms with Crippen molar-refractivity contribution in [2.24, 2.45) is 0 Å². The summed E-state index contributed by atoms with van der Waals surface area (Å²) in [5.74, 6) is 1.82. The number of aromatic hydroxyl groups is 2. The van der Waals surface area contributed by atoms with Crippen molar-refractivity contribution in [2.75, 3.05) is 21.2 Å². The Hall–Kier alpha value is -4.10. The second-order valence-corrected chi connectivity index (χ2v) is 6.96. The van der Waals surface area contributed by atoms with Crippen molar-refractivity contribution < 1.29 is 39.4 Å². The second kappa shape index (κ2) is 9.58. The van der Waals surface area contributed by atoms with E-state index in [1.54, 1.807) is 36.4 Å². The van der Waals surface area contributed by atoms with Crippen molar-refractivity contribution in [3.63, 3.8) is 0 Å². The Balaban J connectivity index is 0.000000152. The number of nitrogens with one attached hydrogen (secondary N) is 2. The van der Waals surface area contributed by atoms with Gasteiger partial charge in [-0.15, -0.1) is 10.3 Å². The van der Waals surface area contributed by atoms with Gasteiger partial charge in [-0.2, -0.15) is 0 Å². The molecule has 162 valence electrons. The Bertz CT molecular complexity index is 1110. The molecule has 2 aliphatic heterocycles. The molecule has 0 aliphatic carbocycles. The molecular formula is C24H20N4O4Zn. The summed E-state index contributed by atoms with van der Waals surface area (Å²) in [5, 5.41) is 22.3. The average Bonchev–Trinajstić information content (AvgIpc) is 3.44. The molecule has 0 radical (unpaired) electrons. The maximum absolute atomic E-state index is 9.69. The first kappa shape index (κ1) is 22.1. The summed E-state index contributed by atoms with van der Waals surface area (Å²) in [5.41, 5.74) is 9.01. The van der Waals surface area contributed by atoms with Gasteiger partial charge in [-0.05, 0) is 48.5 Å². The van der Waals surface area contributed by atoms with Crippen LogP contribution >= 0.6 is 0 Å². The largest absolute Gasteiger partial charge is 0.506 e. The maximum atomic E-state index is 9.69. The summed E-state index contributed by atoms with van der Waals surface area (Å²) in [6.45, 7) is 0. The number of fused-ring (bicyclic) bond motifs is 2. The van der Waals surface area contributed by atoms with E-state index in [0.717, 1.165) is 22.9 Å². The smallest absolute Gasteiger partial charge is 0.182 e. The minimum atomic E-state index is 0. The third-order valence-corrected chi connectivity index (χ3v) is 4.80. The summed E-state index contributed by atoms with van der Waals surface area (Å²) < 4.78 is 0. The number of hydrogen-bond donors (Lipinski definition) is 4. The zero-order chi connectivity index (χ0) is 21.9. The SMILES string of the molecule is Oc1ccccc1N1Nc2ccccc2O1.Oc1ccccc1N1Nc2ccccc2O1.[Zn]. The summed E-state index contributed by atoms with van der Waals surface area (Å²) in [6, 6.07) is 29.2. The van der Waals surface area contributed by atoms with Crippen LogP contribution in [-0.4, -0.2) is 10.2 Å². The van der Waals surface area contributed by atoms with Gasteiger partial charge in [0.05, 0.1) is 0 Å². The maximum Gasteiger partial charge on any atom is 0.182 e. The van der Waals surface area contributed by atoms with Gasteiger partial charge in [0.25, 0.3) is 0 Å². The molecule has 0 saturated carbocycles. The van der Waals surface area contributed by atoms with Crippen LogP contribution in [0.15, 0.2) is 97.1 Å². The van der Waals surface area contributed by atoms with Gasteiger partial charge >= 0.3 is 0 Å². The van der Waals surface area contributed by atoms with Crippen molar-refractivity contribution >= 4 is 22.7 Å². The zero-order valence-corrected chi connectivity index (χ0v) is 20.5. The van der Waals surface area contributed by atoms with Crippen molar-refractivity contribution in [3.8, 4) is 23.0 Å². The van der Waals surface area contributed by atoms with E-state index in [9.17, 15) is 10.2 Å². The van der Waals surface area contributed by atoms with Crippen molar-refractivity contribution in [1.82, 2.24) is 0 Å². The number of phenolic OH excluding ortho intramolecular Hbond substituents is 2. The molecule has 0 atom stereocenters. The van der Waals surface area contributed by atoms with Gasteiger partial charge in [0.1, 0.15) is 34.2 Å². The monoisotopic (exact) mass is 492 g/mol. The summed E-state index contributed by atoms with van der Waals surface area (Å²) in [6.07, 6.45) is 0. The minimum absolute atomic E-state index is 0. The molecule has 2 aliphatic rings. The molecule has 4 N–H and O–H groups in total. The molecule has 9 heteroatoms. The van der Waals surface area contributed by atoms with Crippen LogP contribution in [0, 0.1) is 0 Å². The molecule has 0 spiro atoms. The van der Waals surface area contributed by atoms with Crippen LogP contribution < -0.4 is 30.9 Å². The van der Waals surface area contributed by atoms with Gasteiger partial charge in [-0.1, -0.05) is 48.5 Å². The Kier molecular flexibility index (Phi) is 6.42. The van der Waals surface area contributed by atoms with Gasteiger partial charge in [-0.3, -0.25) is 10.9 Å². The molecule has 33 heavy (non-hydrogen) atoms. The standard InChI is InChI=1S/2C12H10N2O2.Zn/c2*15-11-7-3-2-6-10(11)14-13-9-5-1-4-8-12(9)16-14;/h2*1-8,13,15H;. The number of hydrazine groups is 2. The molecule has 8 nitrogen and oxygen atoms in total. The number of para-hydroxylation sites is 8. The molecule has 4 aromatic rings. The molecule has 0 bridgehead atoms. The molecule has 6 rings (SSSR count). The van der Waals surface area contributed by atoms with Crippen LogP contribution in [-0.2, 0) is 19.5 Å². The Morgan fingerprint density at radius 2 is 0.879 bits per heavy atom. The molecule has 0 aromatic heterocycles. The first-order chi connectivity index (χ1) is 15.7. The third-order valence-electron chi connectivity index (χ3n) is 4.80. The molecule has 0 saturated heterocycles. The van der Waals surface area contributed by atoms with E-state index in [1.807, 2.05) is 60.7 Å². The Labute approximate surface area is 203 Å². The summed E-state index contributed by atoms with van der Waals surface area (Å²) in [4.78, 5) is 11.1. The molecule has 0 unspecified atom stereocenters. The van der Waals surface area contributed by atoms with E-state index >= 15 is 0 Å². The predicted octanol–water partition coefficient (Wildman–Crippen LogP) is 5.06. The number of hydrogen-bond acceptors (Lipinski definition) is 8. The predicted molar refractivity (Wildman–Crippen MR) is 123 cm³/mol. The second-order valence-electron chi connectivity index (χ2n) is 6.96. The van der Waals surface area contributed by atoms with Crippen LogP contribution in [0.1, 0.15) is 0 Å². The van der Waals surface area contributed by atoms with E-state index in [-0.39, 0.29) is 31.0 Å². The first-order valence-corrected chi connectivity index (χ1v) is 9.92. The number of anilines is 4. The number of benzene rings is 4. The van der Waals surface area contributed by atoms with E-state index in [2.05, 4.69) is 10.9 Å². The van der Waals surface area contributed by atoms with Crippen LogP contribution in [0.5, 0.6) is 23.0 Å².